The molecule has 2 N–H and O–H groups in total. The number of aliphatic hydroxyl groups excluding tert-OH is 1. The molecule has 0 saturated heterocycles. The molecule has 0 aromatic rings. The van der Waals surface area contributed by atoms with Gasteiger partial charge in [-0.15, -0.1) is 0 Å². The highest BCUT2D eigenvalue weighted by atomic mass is 16.3. The lowest BCUT2D eigenvalue weighted by Crippen LogP contribution is -2.51. The lowest BCUT2D eigenvalue weighted by Gasteiger charge is -2.41. The van der Waals surface area contributed by atoms with Crippen molar-refractivity contribution in [3.63, 3.8) is 0 Å². The molecule has 62 valence electrons. The van der Waals surface area contributed by atoms with Crippen molar-refractivity contribution in [1.82, 2.24) is 5.32 Å². The second-order valence-electron chi connectivity index (χ2n) is 3.12. The molecule has 0 atom stereocenters. The molecule has 3 nitrogen and oxygen atoms in total. The Hall–Kier alpha value is -0.590. The van der Waals surface area contributed by atoms with Crippen molar-refractivity contribution in [3.8, 4) is 6.07 Å². The summed E-state index contributed by atoms with van der Waals surface area (Å²) in [6.07, 6.45) is 3.95. The lowest BCUT2D eigenvalue weighted by atomic mass is 9.75. The molecular formula is C8H14N2O. The van der Waals surface area contributed by atoms with E-state index in [0.717, 1.165) is 12.8 Å². The fourth-order valence-electron chi connectivity index (χ4n) is 1.49. The first-order valence-corrected chi connectivity index (χ1v) is 4.06. The van der Waals surface area contributed by atoms with Gasteiger partial charge in [0.1, 0.15) is 0 Å². The normalized spacial score (nSPS) is 20.4. The van der Waals surface area contributed by atoms with Crippen molar-refractivity contribution in [1.29, 1.82) is 5.26 Å². The molecule has 0 aromatic carbocycles. The molecule has 0 aromatic heterocycles. The van der Waals surface area contributed by atoms with Gasteiger partial charge in [0.15, 0.2) is 0 Å². The minimum Gasteiger partial charge on any atom is -0.395 e. The van der Waals surface area contributed by atoms with E-state index < -0.39 is 0 Å². The Morgan fingerprint density at radius 2 is 2.27 bits per heavy atom. The topological polar surface area (TPSA) is 56.0 Å². The van der Waals surface area contributed by atoms with Gasteiger partial charge >= 0.3 is 0 Å². The first-order valence-electron chi connectivity index (χ1n) is 4.06. The zero-order valence-corrected chi connectivity index (χ0v) is 6.64. The molecule has 1 saturated carbocycles. The second kappa shape index (κ2) is 3.70. The molecule has 1 rings (SSSR count). The van der Waals surface area contributed by atoms with Gasteiger partial charge in [-0.25, -0.2) is 0 Å². The largest absolute Gasteiger partial charge is 0.395 e. The van der Waals surface area contributed by atoms with Gasteiger partial charge in [0.05, 0.1) is 19.1 Å². The summed E-state index contributed by atoms with van der Waals surface area (Å²) in [6.45, 7) is 0.773. The Kier molecular flexibility index (Phi) is 2.86. The van der Waals surface area contributed by atoms with E-state index in [-0.39, 0.29) is 12.1 Å². The number of hydrogen-bond acceptors (Lipinski definition) is 3. The van der Waals surface area contributed by atoms with Crippen LogP contribution < -0.4 is 5.32 Å². The minimum atomic E-state index is 0.0531. The molecule has 0 aliphatic heterocycles. The fraction of sp³-hybridized carbons (Fsp3) is 0.875. The number of nitriles is 1. The van der Waals surface area contributed by atoms with Crippen LogP contribution in [0.5, 0.6) is 0 Å². The number of hydrogen-bond donors (Lipinski definition) is 2. The summed E-state index contributed by atoms with van der Waals surface area (Å²) in [5.74, 6) is 0. The Balaban J connectivity index is 2.29. The van der Waals surface area contributed by atoms with Crippen molar-refractivity contribution in [2.24, 2.45) is 0 Å². The highest BCUT2D eigenvalue weighted by molar-refractivity contribution is 5.01. The van der Waals surface area contributed by atoms with E-state index in [4.69, 9.17) is 10.4 Å². The number of rotatable bonds is 4. The predicted molar refractivity (Wildman–Crippen MR) is 41.9 cm³/mol. The van der Waals surface area contributed by atoms with Gasteiger partial charge in [-0.2, -0.15) is 5.26 Å². The summed E-state index contributed by atoms with van der Waals surface area (Å²) in [7, 11) is 0. The average molecular weight is 154 g/mol. The van der Waals surface area contributed by atoms with Gasteiger partial charge in [-0.1, -0.05) is 0 Å². The zero-order chi connectivity index (χ0) is 8.16. The minimum absolute atomic E-state index is 0.0531. The Bertz CT molecular complexity index is 158. The fourth-order valence-corrected chi connectivity index (χ4v) is 1.49. The molecule has 1 aliphatic carbocycles. The van der Waals surface area contributed by atoms with Gasteiger partial charge in [-0.3, -0.25) is 0 Å². The van der Waals surface area contributed by atoms with Crippen LogP contribution in [0.1, 0.15) is 25.7 Å². The van der Waals surface area contributed by atoms with Crippen LogP contribution in [-0.4, -0.2) is 23.8 Å². The number of nitrogens with one attached hydrogen (secondary N) is 1. The summed E-state index contributed by atoms with van der Waals surface area (Å²) in [6, 6.07) is 2.18. The van der Waals surface area contributed by atoms with Gasteiger partial charge in [0.2, 0.25) is 0 Å². The second-order valence-corrected chi connectivity index (χ2v) is 3.12. The molecule has 0 bridgehead atoms. The smallest absolute Gasteiger partial charge is 0.0641 e. The van der Waals surface area contributed by atoms with E-state index >= 15 is 0 Å². The van der Waals surface area contributed by atoms with Crippen LogP contribution in [0.2, 0.25) is 0 Å². The predicted octanol–water partition coefficient (Wildman–Crippen LogP) is 0.405. The first-order chi connectivity index (χ1) is 5.33. The maximum Gasteiger partial charge on any atom is 0.0641 e. The third-order valence-corrected chi connectivity index (χ3v) is 2.34. The molecule has 0 unspecified atom stereocenters. The number of aliphatic hydroxyl groups is 1. The van der Waals surface area contributed by atoms with Crippen molar-refractivity contribution >= 4 is 0 Å². The van der Waals surface area contributed by atoms with E-state index in [9.17, 15) is 0 Å². The summed E-state index contributed by atoms with van der Waals surface area (Å²) < 4.78 is 0. The molecule has 0 radical (unpaired) electrons. The van der Waals surface area contributed by atoms with Gasteiger partial charge in [0, 0.05) is 12.1 Å². The molecule has 0 heterocycles. The highest BCUT2D eigenvalue weighted by Gasteiger charge is 2.35. The lowest BCUT2D eigenvalue weighted by molar-refractivity contribution is 0.171. The van der Waals surface area contributed by atoms with Crippen LogP contribution in [-0.2, 0) is 0 Å². The van der Waals surface area contributed by atoms with Gasteiger partial charge in [0.25, 0.3) is 0 Å². The van der Waals surface area contributed by atoms with Crippen LogP contribution in [0.4, 0.5) is 0 Å². The monoisotopic (exact) mass is 154 g/mol. The Morgan fingerprint density at radius 1 is 1.55 bits per heavy atom. The molecule has 0 amide bonds. The SMILES string of the molecule is N#CCC1(NCCO)CCC1. The molecule has 3 heteroatoms. The van der Waals surface area contributed by atoms with Crippen LogP contribution in [0, 0.1) is 11.3 Å². The summed E-state index contributed by atoms with van der Waals surface area (Å²) >= 11 is 0. The number of β-amino-alcohol motifs (C(OH)–C–C–N with tert-alkyl or cyclic N) is 1. The average Bonchev–Trinajstić information content (AvgIpc) is 1.95. The van der Waals surface area contributed by atoms with Crippen molar-refractivity contribution in [2.45, 2.75) is 31.2 Å². The molecular weight excluding hydrogens is 140 g/mol. The van der Waals surface area contributed by atoms with E-state index in [0.29, 0.717) is 13.0 Å². The quantitative estimate of drug-likeness (QED) is 0.616. The molecule has 0 spiro atoms. The van der Waals surface area contributed by atoms with Gasteiger partial charge in [-0.05, 0) is 19.3 Å². The molecule has 11 heavy (non-hydrogen) atoms. The van der Waals surface area contributed by atoms with Crippen molar-refractivity contribution in [3.05, 3.63) is 0 Å². The summed E-state index contributed by atoms with van der Waals surface area (Å²) in [4.78, 5) is 0. The maximum atomic E-state index is 8.57. The highest BCUT2D eigenvalue weighted by Crippen LogP contribution is 2.34. The maximum absolute atomic E-state index is 8.57. The third-order valence-electron chi connectivity index (χ3n) is 2.34. The van der Waals surface area contributed by atoms with Crippen LogP contribution >= 0.6 is 0 Å². The Labute approximate surface area is 67.0 Å². The van der Waals surface area contributed by atoms with E-state index in [1.54, 1.807) is 0 Å². The van der Waals surface area contributed by atoms with E-state index in [1.165, 1.54) is 6.42 Å². The first kappa shape index (κ1) is 8.51. The van der Waals surface area contributed by atoms with Crippen molar-refractivity contribution < 1.29 is 5.11 Å². The standard InChI is InChI=1S/C8H14N2O/c9-5-4-8(2-1-3-8)10-6-7-11/h10-11H,1-4,6-7H2. The Morgan fingerprint density at radius 3 is 2.64 bits per heavy atom. The summed E-state index contributed by atoms with van der Waals surface area (Å²) in [5, 5.41) is 20.3. The van der Waals surface area contributed by atoms with Gasteiger partial charge < -0.3 is 10.4 Å². The molecule has 1 aliphatic rings. The summed E-state index contributed by atoms with van der Waals surface area (Å²) in [5.41, 5.74) is 0.0531. The molecule has 1 fully saturated rings. The van der Waals surface area contributed by atoms with Crippen LogP contribution in [0.15, 0.2) is 0 Å². The van der Waals surface area contributed by atoms with E-state index in [1.807, 2.05) is 0 Å². The number of nitrogens with zero attached hydrogens (tertiary/aromatic N) is 1. The zero-order valence-electron chi connectivity index (χ0n) is 6.64. The van der Waals surface area contributed by atoms with Crippen molar-refractivity contribution in [2.75, 3.05) is 13.2 Å². The van der Waals surface area contributed by atoms with Crippen LogP contribution in [0.3, 0.4) is 0 Å². The van der Waals surface area contributed by atoms with Crippen LogP contribution in [0.25, 0.3) is 0 Å². The van der Waals surface area contributed by atoms with E-state index in [2.05, 4.69) is 11.4 Å². The third kappa shape index (κ3) is 1.92.